The van der Waals surface area contributed by atoms with Crippen molar-refractivity contribution in [3.8, 4) is 0 Å². The summed E-state index contributed by atoms with van der Waals surface area (Å²) in [4.78, 5) is 27.4. The van der Waals surface area contributed by atoms with Crippen LogP contribution in [0.4, 0.5) is 4.79 Å². The summed E-state index contributed by atoms with van der Waals surface area (Å²) in [5.74, 6) is 1.67. The number of nitrogens with zero attached hydrogens (tertiary/aromatic N) is 1. The molecular formula is C24H31NO4. The molecule has 1 heterocycles. The van der Waals surface area contributed by atoms with E-state index in [1.54, 1.807) is 4.90 Å². The minimum absolute atomic E-state index is 0.0577. The van der Waals surface area contributed by atoms with E-state index in [0.717, 1.165) is 11.5 Å². The van der Waals surface area contributed by atoms with Crippen molar-refractivity contribution in [1.29, 1.82) is 0 Å². The summed E-state index contributed by atoms with van der Waals surface area (Å²) in [5.41, 5.74) is 0.897. The van der Waals surface area contributed by atoms with Crippen molar-refractivity contribution in [3.05, 3.63) is 35.9 Å². The summed E-state index contributed by atoms with van der Waals surface area (Å²) in [6.45, 7) is 3.28. The van der Waals surface area contributed by atoms with E-state index in [2.05, 4.69) is 6.92 Å². The Morgan fingerprint density at radius 3 is 2.48 bits per heavy atom. The first kappa shape index (κ1) is 19.0. The number of likely N-dealkylation sites (tertiary alicyclic amines) is 1. The van der Waals surface area contributed by atoms with Gasteiger partial charge in [-0.25, -0.2) is 4.79 Å². The van der Waals surface area contributed by atoms with Crippen molar-refractivity contribution in [2.45, 2.75) is 57.0 Å². The lowest BCUT2D eigenvalue weighted by molar-refractivity contribution is -0.149. The topological polar surface area (TPSA) is 55.8 Å². The molecule has 3 aliphatic carbocycles. The first-order chi connectivity index (χ1) is 14.0. The second-order valence-electron chi connectivity index (χ2n) is 9.92. The van der Waals surface area contributed by atoms with Crippen LogP contribution in [0.15, 0.2) is 30.3 Å². The molecule has 1 aliphatic heterocycles. The minimum Gasteiger partial charge on any atom is -0.468 e. The molecule has 5 atom stereocenters. The zero-order valence-corrected chi connectivity index (χ0v) is 17.4. The highest BCUT2D eigenvalue weighted by Crippen LogP contribution is 2.72. The third-order valence-electron chi connectivity index (χ3n) is 8.38. The van der Waals surface area contributed by atoms with Crippen LogP contribution in [0.3, 0.4) is 0 Å². The van der Waals surface area contributed by atoms with E-state index in [0.29, 0.717) is 43.2 Å². The maximum absolute atomic E-state index is 13.0. The molecule has 5 heteroatoms. The van der Waals surface area contributed by atoms with Crippen LogP contribution in [0.1, 0.15) is 51.0 Å². The molecule has 1 saturated heterocycles. The maximum atomic E-state index is 13.0. The SMILES string of the molecule is COC(=O)C1(c2ccccc2)CCN(C(=O)OC2C(C)CC34CC2CC3C4)CC1. The number of amides is 1. The average Bonchev–Trinajstić information content (AvgIpc) is 3.30. The largest absolute Gasteiger partial charge is 0.468 e. The van der Waals surface area contributed by atoms with E-state index >= 15 is 0 Å². The summed E-state index contributed by atoms with van der Waals surface area (Å²) < 4.78 is 11.2. The minimum atomic E-state index is -0.677. The van der Waals surface area contributed by atoms with Gasteiger partial charge in [-0.15, -0.1) is 0 Å². The van der Waals surface area contributed by atoms with E-state index in [9.17, 15) is 9.59 Å². The Hall–Kier alpha value is -2.04. The summed E-state index contributed by atoms with van der Waals surface area (Å²) in [6.07, 6.45) is 6.08. The molecule has 0 N–H and O–H groups in total. The van der Waals surface area contributed by atoms with Gasteiger partial charge < -0.3 is 14.4 Å². The van der Waals surface area contributed by atoms with E-state index in [1.807, 2.05) is 30.3 Å². The average molecular weight is 398 g/mol. The second-order valence-corrected chi connectivity index (χ2v) is 9.92. The molecule has 1 aromatic rings. The third kappa shape index (κ3) is 2.96. The number of methoxy groups -OCH3 is 1. The van der Waals surface area contributed by atoms with Crippen LogP contribution in [-0.4, -0.2) is 43.3 Å². The van der Waals surface area contributed by atoms with E-state index < -0.39 is 5.41 Å². The maximum Gasteiger partial charge on any atom is 0.410 e. The van der Waals surface area contributed by atoms with Crippen LogP contribution < -0.4 is 0 Å². The van der Waals surface area contributed by atoms with Crippen LogP contribution in [0.5, 0.6) is 0 Å². The molecule has 0 aromatic heterocycles. The predicted octanol–water partition coefficient (Wildman–Crippen LogP) is 4.15. The Kier molecular flexibility index (Phi) is 4.41. The van der Waals surface area contributed by atoms with Gasteiger partial charge in [-0.05, 0) is 67.3 Å². The zero-order valence-electron chi connectivity index (χ0n) is 17.4. The number of carbonyl (C=O) groups is 2. The van der Waals surface area contributed by atoms with Crippen LogP contribution in [-0.2, 0) is 19.7 Å². The number of rotatable bonds is 3. The lowest BCUT2D eigenvalue weighted by atomic mass is 9.73. The Morgan fingerprint density at radius 1 is 1.07 bits per heavy atom. The molecule has 2 bridgehead atoms. The molecule has 1 aromatic carbocycles. The molecule has 1 amide bonds. The molecule has 5 unspecified atom stereocenters. The van der Waals surface area contributed by atoms with Crippen LogP contribution in [0.25, 0.3) is 0 Å². The Balaban J connectivity index is 1.25. The van der Waals surface area contributed by atoms with Crippen LogP contribution in [0.2, 0.25) is 0 Å². The van der Waals surface area contributed by atoms with Gasteiger partial charge in [0.25, 0.3) is 0 Å². The highest BCUT2D eigenvalue weighted by Gasteiger charge is 2.65. The number of ether oxygens (including phenoxy) is 2. The van der Waals surface area contributed by atoms with Gasteiger partial charge >= 0.3 is 12.1 Å². The van der Waals surface area contributed by atoms with Crippen molar-refractivity contribution >= 4 is 12.1 Å². The van der Waals surface area contributed by atoms with Gasteiger partial charge in [-0.1, -0.05) is 37.3 Å². The molecule has 0 radical (unpaired) electrons. The first-order valence-electron chi connectivity index (χ1n) is 11.1. The lowest BCUT2D eigenvalue weighted by Gasteiger charge is -2.41. The lowest BCUT2D eigenvalue weighted by Crippen LogP contribution is -2.51. The van der Waals surface area contributed by atoms with Gasteiger partial charge in [0.2, 0.25) is 0 Å². The number of hydrogen-bond acceptors (Lipinski definition) is 4. The van der Waals surface area contributed by atoms with Crippen molar-refractivity contribution < 1.29 is 19.1 Å². The van der Waals surface area contributed by atoms with Crippen molar-refractivity contribution in [1.82, 2.24) is 4.90 Å². The highest BCUT2D eigenvalue weighted by molar-refractivity contribution is 5.83. The third-order valence-corrected chi connectivity index (χ3v) is 8.38. The molecule has 29 heavy (non-hydrogen) atoms. The highest BCUT2D eigenvalue weighted by atomic mass is 16.6. The fraction of sp³-hybridized carbons (Fsp3) is 0.667. The fourth-order valence-electron chi connectivity index (χ4n) is 6.83. The van der Waals surface area contributed by atoms with Crippen molar-refractivity contribution in [2.24, 2.45) is 23.2 Å². The standard InChI is InChI=1S/C24H31NO4/c1-16-13-23-14-17(12-19(23)15-23)20(16)29-22(27)25-10-8-24(9-11-25,21(26)28-2)18-6-4-3-5-7-18/h3-7,16-17,19-20H,8-15H2,1-2H3. The van der Waals surface area contributed by atoms with Crippen LogP contribution >= 0.6 is 0 Å². The quantitative estimate of drug-likeness (QED) is 0.719. The summed E-state index contributed by atoms with van der Waals surface area (Å²) in [6, 6.07) is 9.81. The molecule has 5 nitrogen and oxygen atoms in total. The molecule has 156 valence electrons. The van der Waals surface area contributed by atoms with Crippen molar-refractivity contribution in [3.63, 3.8) is 0 Å². The predicted molar refractivity (Wildman–Crippen MR) is 108 cm³/mol. The Labute approximate surface area is 172 Å². The number of benzene rings is 1. The van der Waals surface area contributed by atoms with Gasteiger partial charge in [0, 0.05) is 13.1 Å². The van der Waals surface area contributed by atoms with E-state index in [1.165, 1.54) is 32.8 Å². The fourth-order valence-corrected chi connectivity index (χ4v) is 6.83. The summed E-state index contributed by atoms with van der Waals surface area (Å²) in [7, 11) is 1.44. The van der Waals surface area contributed by atoms with Gasteiger partial charge in [0.15, 0.2) is 0 Å². The summed E-state index contributed by atoms with van der Waals surface area (Å²) in [5, 5.41) is 0. The van der Waals surface area contributed by atoms with Gasteiger partial charge in [-0.3, -0.25) is 4.79 Å². The molecule has 1 spiro atoms. The van der Waals surface area contributed by atoms with Crippen molar-refractivity contribution in [2.75, 3.05) is 20.2 Å². The molecule has 4 fully saturated rings. The smallest absolute Gasteiger partial charge is 0.410 e. The summed E-state index contributed by atoms with van der Waals surface area (Å²) >= 11 is 0. The number of esters is 1. The normalized spacial score (nSPS) is 36.8. The van der Waals surface area contributed by atoms with E-state index in [-0.39, 0.29) is 18.2 Å². The van der Waals surface area contributed by atoms with Gasteiger partial charge in [-0.2, -0.15) is 0 Å². The zero-order chi connectivity index (χ0) is 20.2. The van der Waals surface area contributed by atoms with Gasteiger partial charge in [0.05, 0.1) is 12.5 Å². The number of piperidine rings is 1. The number of carbonyl (C=O) groups excluding carboxylic acids is 2. The number of hydrogen-bond donors (Lipinski definition) is 0. The molecule has 3 saturated carbocycles. The van der Waals surface area contributed by atoms with Crippen LogP contribution in [0, 0.1) is 23.2 Å². The first-order valence-corrected chi connectivity index (χ1v) is 11.1. The Morgan fingerprint density at radius 2 is 1.79 bits per heavy atom. The molecule has 5 rings (SSSR count). The number of fused-ring (bicyclic) bond motifs is 1. The second kappa shape index (κ2) is 6.75. The van der Waals surface area contributed by atoms with E-state index in [4.69, 9.17) is 9.47 Å². The monoisotopic (exact) mass is 397 g/mol. The Bertz CT molecular complexity index is 800. The molecular weight excluding hydrogens is 366 g/mol. The molecule has 4 aliphatic rings. The van der Waals surface area contributed by atoms with Gasteiger partial charge in [0.1, 0.15) is 6.10 Å².